The molecule has 24 heavy (non-hydrogen) atoms. The number of esters is 1. The second kappa shape index (κ2) is 8.53. The number of phenols is 1. The molecule has 0 unspecified atom stereocenters. The van der Waals surface area contributed by atoms with E-state index in [4.69, 9.17) is 4.74 Å². The molecule has 0 amide bonds. The minimum atomic E-state index is -0.270. The van der Waals surface area contributed by atoms with E-state index >= 15 is 0 Å². The Kier molecular flexibility index (Phi) is 6.42. The molecule has 0 heterocycles. The number of carbonyl (C=O) groups is 1. The maximum absolute atomic E-state index is 12.0. The van der Waals surface area contributed by atoms with E-state index in [0.29, 0.717) is 6.61 Å². The molecule has 0 aromatic heterocycles. The minimum Gasteiger partial charge on any atom is -0.508 e. The molecule has 0 bridgehead atoms. The Hall–Kier alpha value is -2.29. The summed E-state index contributed by atoms with van der Waals surface area (Å²) in [5, 5.41) is 11.8. The third-order valence-electron chi connectivity index (χ3n) is 4.23. The van der Waals surface area contributed by atoms with Crippen molar-refractivity contribution >= 4 is 22.3 Å². The largest absolute Gasteiger partial charge is 0.508 e. The van der Waals surface area contributed by atoms with E-state index in [1.54, 1.807) is 18.2 Å². The second-order valence-electron chi connectivity index (χ2n) is 5.89. The standard InChI is InChI=1S/C21H26O3/c1-4-7-12-24-21(23)14-15(5-2)19-10-8-16-13-17(22)9-11-20(16)18(19)6-3/h8-11,13-14,22H,4-7,12H2,1-3H3/b15-14+. The van der Waals surface area contributed by atoms with E-state index in [2.05, 4.69) is 13.8 Å². The van der Waals surface area contributed by atoms with E-state index in [1.807, 2.05) is 25.1 Å². The number of aryl methyl sites for hydroxylation is 1. The number of aromatic hydroxyl groups is 1. The van der Waals surface area contributed by atoms with Crippen LogP contribution < -0.4 is 0 Å². The summed E-state index contributed by atoms with van der Waals surface area (Å²) in [5.74, 6) is -0.00350. The number of ether oxygens (including phenoxy) is 1. The molecule has 0 aliphatic carbocycles. The molecule has 1 N–H and O–H groups in total. The van der Waals surface area contributed by atoms with Crippen molar-refractivity contribution in [3.05, 3.63) is 47.5 Å². The lowest BCUT2D eigenvalue weighted by Gasteiger charge is -2.14. The van der Waals surface area contributed by atoms with Crippen molar-refractivity contribution < 1.29 is 14.6 Å². The van der Waals surface area contributed by atoms with Crippen LogP contribution in [-0.4, -0.2) is 17.7 Å². The van der Waals surface area contributed by atoms with Gasteiger partial charge in [-0.1, -0.05) is 45.4 Å². The van der Waals surface area contributed by atoms with Crippen molar-refractivity contribution in [2.24, 2.45) is 0 Å². The highest BCUT2D eigenvalue weighted by Gasteiger charge is 2.11. The van der Waals surface area contributed by atoms with Crippen molar-refractivity contribution in [2.45, 2.75) is 46.5 Å². The zero-order valence-corrected chi connectivity index (χ0v) is 14.8. The number of hydrogen-bond acceptors (Lipinski definition) is 3. The highest BCUT2D eigenvalue weighted by molar-refractivity contribution is 5.96. The third-order valence-corrected chi connectivity index (χ3v) is 4.23. The van der Waals surface area contributed by atoms with Crippen LogP contribution in [0.3, 0.4) is 0 Å². The lowest BCUT2D eigenvalue weighted by molar-refractivity contribution is -0.137. The van der Waals surface area contributed by atoms with Crippen molar-refractivity contribution in [2.75, 3.05) is 6.61 Å². The molecule has 2 aromatic rings. The smallest absolute Gasteiger partial charge is 0.331 e. The Morgan fingerprint density at radius 3 is 2.62 bits per heavy atom. The molecule has 0 aliphatic heterocycles. The van der Waals surface area contributed by atoms with Gasteiger partial charge in [0.1, 0.15) is 5.75 Å². The van der Waals surface area contributed by atoms with Gasteiger partial charge in [0.05, 0.1) is 6.61 Å². The van der Waals surface area contributed by atoms with Gasteiger partial charge in [-0.2, -0.15) is 0 Å². The van der Waals surface area contributed by atoms with E-state index in [-0.39, 0.29) is 11.7 Å². The zero-order chi connectivity index (χ0) is 17.5. The number of allylic oxidation sites excluding steroid dienone is 1. The fraction of sp³-hybridized carbons (Fsp3) is 0.381. The van der Waals surface area contributed by atoms with E-state index in [9.17, 15) is 9.90 Å². The molecular weight excluding hydrogens is 300 g/mol. The Balaban J connectivity index is 2.41. The maximum Gasteiger partial charge on any atom is 0.331 e. The first kappa shape index (κ1) is 18.1. The molecule has 0 fully saturated rings. The summed E-state index contributed by atoms with van der Waals surface area (Å²) in [6.07, 6.45) is 5.14. The topological polar surface area (TPSA) is 46.5 Å². The Labute approximate surface area is 144 Å². The number of benzene rings is 2. The lowest BCUT2D eigenvalue weighted by atomic mass is 9.91. The number of rotatable bonds is 7. The second-order valence-corrected chi connectivity index (χ2v) is 5.89. The summed E-state index contributed by atoms with van der Waals surface area (Å²) in [7, 11) is 0. The molecular formula is C21H26O3. The van der Waals surface area contributed by atoms with Crippen LogP contribution in [0, 0.1) is 0 Å². The van der Waals surface area contributed by atoms with Gasteiger partial charge in [0, 0.05) is 6.08 Å². The van der Waals surface area contributed by atoms with Gasteiger partial charge in [-0.15, -0.1) is 0 Å². The molecule has 2 rings (SSSR count). The summed E-state index contributed by atoms with van der Waals surface area (Å²) in [4.78, 5) is 12.0. The van der Waals surface area contributed by atoms with Crippen LogP contribution in [0.1, 0.15) is 51.2 Å². The number of fused-ring (bicyclic) bond motifs is 1. The average Bonchev–Trinajstić information content (AvgIpc) is 2.58. The molecule has 3 nitrogen and oxygen atoms in total. The molecule has 2 aromatic carbocycles. The SMILES string of the molecule is CCCCOC(=O)/C=C(\CC)c1ccc2cc(O)ccc2c1CC. The van der Waals surface area contributed by atoms with Gasteiger partial charge >= 0.3 is 5.97 Å². The maximum atomic E-state index is 12.0. The summed E-state index contributed by atoms with van der Waals surface area (Å²) in [5.41, 5.74) is 3.27. The predicted octanol–water partition coefficient (Wildman–Crippen LogP) is 5.24. The molecule has 128 valence electrons. The molecule has 0 aliphatic rings. The van der Waals surface area contributed by atoms with Crippen LogP contribution in [0.15, 0.2) is 36.4 Å². The van der Waals surface area contributed by atoms with Gasteiger partial charge in [0.15, 0.2) is 0 Å². The zero-order valence-electron chi connectivity index (χ0n) is 14.8. The highest BCUT2D eigenvalue weighted by Crippen LogP contribution is 2.31. The average molecular weight is 326 g/mol. The Morgan fingerprint density at radius 2 is 1.96 bits per heavy atom. The fourth-order valence-electron chi connectivity index (χ4n) is 2.93. The summed E-state index contributed by atoms with van der Waals surface area (Å²) >= 11 is 0. The van der Waals surface area contributed by atoms with Crippen molar-refractivity contribution in [1.82, 2.24) is 0 Å². The number of hydrogen-bond donors (Lipinski definition) is 1. The van der Waals surface area contributed by atoms with Gasteiger partial charge in [-0.05, 0) is 58.9 Å². The fourth-order valence-corrected chi connectivity index (χ4v) is 2.93. The normalized spacial score (nSPS) is 11.7. The summed E-state index contributed by atoms with van der Waals surface area (Å²) < 4.78 is 5.26. The number of carbonyl (C=O) groups excluding carboxylic acids is 1. The lowest BCUT2D eigenvalue weighted by Crippen LogP contribution is -2.04. The van der Waals surface area contributed by atoms with Crippen molar-refractivity contribution in [1.29, 1.82) is 0 Å². The molecule has 0 saturated heterocycles. The Bertz CT molecular complexity index is 744. The number of phenolic OH excluding ortho intramolecular Hbond substituents is 1. The molecule has 0 saturated carbocycles. The first-order chi connectivity index (χ1) is 11.6. The number of unbranched alkanes of at least 4 members (excludes halogenated alkanes) is 1. The minimum absolute atomic E-state index is 0.267. The molecule has 3 heteroatoms. The third kappa shape index (κ3) is 4.16. The predicted molar refractivity (Wildman–Crippen MR) is 99.1 cm³/mol. The van der Waals surface area contributed by atoms with Crippen molar-refractivity contribution in [3.63, 3.8) is 0 Å². The van der Waals surface area contributed by atoms with Crippen LogP contribution >= 0.6 is 0 Å². The van der Waals surface area contributed by atoms with E-state index in [1.165, 1.54) is 5.56 Å². The first-order valence-corrected chi connectivity index (χ1v) is 8.73. The van der Waals surface area contributed by atoms with Gasteiger partial charge in [0.25, 0.3) is 0 Å². The monoisotopic (exact) mass is 326 g/mol. The van der Waals surface area contributed by atoms with Crippen LogP contribution in [0.4, 0.5) is 0 Å². The molecule has 0 spiro atoms. The summed E-state index contributed by atoms with van der Waals surface area (Å²) in [6.45, 7) is 6.70. The van der Waals surface area contributed by atoms with Crippen molar-refractivity contribution in [3.8, 4) is 5.75 Å². The van der Waals surface area contributed by atoms with Crippen LogP contribution in [0.25, 0.3) is 16.3 Å². The van der Waals surface area contributed by atoms with Gasteiger partial charge in [-0.25, -0.2) is 4.79 Å². The first-order valence-electron chi connectivity index (χ1n) is 8.73. The van der Waals surface area contributed by atoms with Gasteiger partial charge in [0.2, 0.25) is 0 Å². The molecule has 0 atom stereocenters. The summed E-state index contributed by atoms with van der Waals surface area (Å²) in [6, 6.07) is 9.46. The van der Waals surface area contributed by atoms with Crippen LogP contribution in [0.5, 0.6) is 5.75 Å². The highest BCUT2D eigenvalue weighted by atomic mass is 16.5. The Morgan fingerprint density at radius 1 is 1.17 bits per heavy atom. The van der Waals surface area contributed by atoms with E-state index < -0.39 is 0 Å². The van der Waals surface area contributed by atoms with E-state index in [0.717, 1.165) is 47.6 Å². The van der Waals surface area contributed by atoms with Crippen LogP contribution in [-0.2, 0) is 16.0 Å². The van der Waals surface area contributed by atoms with Gasteiger partial charge < -0.3 is 9.84 Å². The van der Waals surface area contributed by atoms with Crippen LogP contribution in [0.2, 0.25) is 0 Å². The van der Waals surface area contributed by atoms with Gasteiger partial charge in [-0.3, -0.25) is 0 Å². The quantitative estimate of drug-likeness (QED) is 0.430. The molecule has 0 radical (unpaired) electrons.